The van der Waals surface area contributed by atoms with Crippen molar-refractivity contribution in [3.05, 3.63) is 97.2 Å². The second kappa shape index (κ2) is 60.9. The third-order valence-corrected chi connectivity index (χ3v) is 13.0. The van der Waals surface area contributed by atoms with Gasteiger partial charge in [-0.3, -0.25) is 14.4 Å². The van der Waals surface area contributed by atoms with Gasteiger partial charge in [-0.05, 0) is 122 Å². The Kier molecular flexibility index (Phi) is 57.8. The quantitative estimate of drug-likeness (QED) is 0.0261. The first-order chi connectivity index (χ1) is 36.0. The monoisotopic (exact) mass is 1010 g/mol. The number of hydrogen-bond donors (Lipinski definition) is 0. The predicted molar refractivity (Wildman–Crippen MR) is 316 cm³/mol. The van der Waals surface area contributed by atoms with E-state index in [1.54, 1.807) is 0 Å². The molecule has 0 aliphatic rings. The molecule has 418 valence electrons. The highest BCUT2D eigenvalue weighted by molar-refractivity contribution is 5.71. The van der Waals surface area contributed by atoms with Crippen LogP contribution in [0.5, 0.6) is 0 Å². The van der Waals surface area contributed by atoms with E-state index in [4.69, 9.17) is 14.2 Å². The molecule has 0 saturated heterocycles. The minimum atomic E-state index is -0.797. The average molecular weight is 1020 g/mol. The van der Waals surface area contributed by atoms with Crippen molar-refractivity contribution in [1.82, 2.24) is 0 Å². The van der Waals surface area contributed by atoms with Crippen molar-refractivity contribution in [3.63, 3.8) is 0 Å². The van der Waals surface area contributed by atoms with Gasteiger partial charge in [0.25, 0.3) is 0 Å². The van der Waals surface area contributed by atoms with E-state index in [1.165, 1.54) is 148 Å². The van der Waals surface area contributed by atoms with Crippen LogP contribution in [0.3, 0.4) is 0 Å². The van der Waals surface area contributed by atoms with E-state index >= 15 is 0 Å². The zero-order valence-corrected chi connectivity index (χ0v) is 47.9. The molecule has 0 rings (SSSR count). The maximum absolute atomic E-state index is 12.9. The Hall–Kier alpha value is -3.67. The van der Waals surface area contributed by atoms with Crippen LogP contribution in [0.25, 0.3) is 0 Å². The van der Waals surface area contributed by atoms with Gasteiger partial charge in [0.2, 0.25) is 0 Å². The lowest BCUT2D eigenvalue weighted by molar-refractivity contribution is -0.167. The van der Waals surface area contributed by atoms with Crippen LogP contribution in [0.2, 0.25) is 0 Å². The van der Waals surface area contributed by atoms with Crippen molar-refractivity contribution >= 4 is 17.9 Å². The third-order valence-electron chi connectivity index (χ3n) is 13.0. The van der Waals surface area contributed by atoms with E-state index in [0.717, 1.165) is 103 Å². The Morgan fingerprint density at radius 2 is 0.534 bits per heavy atom. The van der Waals surface area contributed by atoms with Gasteiger partial charge in [0.05, 0.1) is 0 Å². The summed E-state index contributed by atoms with van der Waals surface area (Å²) in [7, 11) is 0. The average Bonchev–Trinajstić information content (AvgIpc) is 3.39. The smallest absolute Gasteiger partial charge is 0.306 e. The summed E-state index contributed by atoms with van der Waals surface area (Å²) in [5.74, 6) is -0.926. The van der Waals surface area contributed by atoms with Gasteiger partial charge in [-0.1, -0.05) is 246 Å². The SMILES string of the molecule is CC/C=C\C/C=C\C/C=C\C/C=C\C/C=C\CCCCCC(=O)OCC(COC(=O)CCCCCCCCC/C=C\CCCCCCCC)OC(=O)CCCCCCCCCCC/C=C\C/C=C\CCCCC. The van der Waals surface area contributed by atoms with Gasteiger partial charge in [-0.2, -0.15) is 0 Å². The van der Waals surface area contributed by atoms with Gasteiger partial charge < -0.3 is 14.2 Å². The lowest BCUT2D eigenvalue weighted by Gasteiger charge is -2.18. The first kappa shape index (κ1) is 69.3. The van der Waals surface area contributed by atoms with E-state index < -0.39 is 6.10 Å². The molecule has 0 spiro atoms. The van der Waals surface area contributed by atoms with Crippen LogP contribution in [0, 0.1) is 0 Å². The first-order valence-electron chi connectivity index (χ1n) is 30.7. The molecule has 0 aromatic carbocycles. The number of allylic oxidation sites excluding steroid dienone is 16. The van der Waals surface area contributed by atoms with Crippen LogP contribution in [0.1, 0.15) is 290 Å². The van der Waals surface area contributed by atoms with E-state index in [0.29, 0.717) is 19.3 Å². The molecule has 6 nitrogen and oxygen atoms in total. The molecule has 0 aliphatic heterocycles. The second-order valence-electron chi connectivity index (χ2n) is 20.2. The Morgan fingerprint density at radius 1 is 0.288 bits per heavy atom. The molecule has 1 unspecified atom stereocenters. The van der Waals surface area contributed by atoms with Gasteiger partial charge in [-0.25, -0.2) is 0 Å². The van der Waals surface area contributed by atoms with Crippen molar-refractivity contribution in [1.29, 1.82) is 0 Å². The number of ether oxygens (including phenoxy) is 3. The number of unbranched alkanes of at least 4 members (excludes halogenated alkanes) is 28. The summed E-state index contributed by atoms with van der Waals surface area (Å²) < 4.78 is 16.9. The van der Waals surface area contributed by atoms with Gasteiger partial charge in [0.15, 0.2) is 6.10 Å². The lowest BCUT2D eigenvalue weighted by Crippen LogP contribution is -2.30. The summed E-state index contributed by atoms with van der Waals surface area (Å²) in [6.07, 6.45) is 81.1. The minimum absolute atomic E-state index is 0.0919. The minimum Gasteiger partial charge on any atom is -0.462 e. The largest absolute Gasteiger partial charge is 0.462 e. The van der Waals surface area contributed by atoms with Gasteiger partial charge >= 0.3 is 17.9 Å². The molecule has 0 N–H and O–H groups in total. The number of hydrogen-bond acceptors (Lipinski definition) is 6. The van der Waals surface area contributed by atoms with E-state index in [1.807, 2.05) is 0 Å². The molecule has 0 aromatic heterocycles. The normalized spacial score (nSPS) is 12.8. The zero-order valence-electron chi connectivity index (χ0n) is 47.9. The van der Waals surface area contributed by atoms with Gasteiger partial charge in [-0.15, -0.1) is 0 Å². The fourth-order valence-electron chi connectivity index (χ4n) is 8.44. The van der Waals surface area contributed by atoms with Crippen LogP contribution >= 0.6 is 0 Å². The van der Waals surface area contributed by atoms with Crippen LogP contribution in [-0.4, -0.2) is 37.2 Å². The molecule has 6 heteroatoms. The Morgan fingerprint density at radius 3 is 0.890 bits per heavy atom. The van der Waals surface area contributed by atoms with Crippen molar-refractivity contribution in [2.75, 3.05) is 13.2 Å². The number of carbonyl (C=O) groups excluding carboxylic acids is 3. The first-order valence-corrected chi connectivity index (χ1v) is 30.7. The molecular weight excluding hydrogens is 901 g/mol. The topological polar surface area (TPSA) is 78.9 Å². The maximum Gasteiger partial charge on any atom is 0.306 e. The van der Waals surface area contributed by atoms with Crippen molar-refractivity contribution in [2.45, 2.75) is 297 Å². The summed E-state index contributed by atoms with van der Waals surface area (Å²) >= 11 is 0. The Balaban J connectivity index is 4.46. The Bertz CT molecular complexity index is 1440. The molecule has 0 aromatic rings. The van der Waals surface area contributed by atoms with Gasteiger partial charge in [0.1, 0.15) is 13.2 Å². The fraction of sp³-hybridized carbons (Fsp3) is 0.716. The molecule has 0 bridgehead atoms. The molecule has 1 atom stereocenters. The van der Waals surface area contributed by atoms with Crippen LogP contribution in [0.4, 0.5) is 0 Å². The highest BCUT2D eigenvalue weighted by atomic mass is 16.6. The molecule has 0 fully saturated rings. The van der Waals surface area contributed by atoms with E-state index in [2.05, 4.69) is 118 Å². The third kappa shape index (κ3) is 59.1. The summed E-state index contributed by atoms with van der Waals surface area (Å²) in [4.78, 5) is 38.3. The molecular formula is C67H114O6. The fourth-order valence-corrected chi connectivity index (χ4v) is 8.44. The zero-order chi connectivity index (χ0) is 52.9. The van der Waals surface area contributed by atoms with Crippen LogP contribution < -0.4 is 0 Å². The number of esters is 3. The van der Waals surface area contributed by atoms with Crippen molar-refractivity contribution < 1.29 is 28.6 Å². The predicted octanol–water partition coefficient (Wildman–Crippen LogP) is 20.9. The highest BCUT2D eigenvalue weighted by Gasteiger charge is 2.19. The lowest BCUT2D eigenvalue weighted by atomic mass is 10.1. The maximum atomic E-state index is 12.9. The summed E-state index contributed by atoms with van der Waals surface area (Å²) in [5.41, 5.74) is 0. The molecule has 0 saturated carbocycles. The highest BCUT2D eigenvalue weighted by Crippen LogP contribution is 2.15. The van der Waals surface area contributed by atoms with Crippen LogP contribution in [0.15, 0.2) is 97.2 Å². The molecule has 0 amide bonds. The number of carbonyl (C=O) groups is 3. The summed E-state index contributed by atoms with van der Waals surface area (Å²) in [5, 5.41) is 0. The van der Waals surface area contributed by atoms with Crippen LogP contribution in [-0.2, 0) is 28.6 Å². The summed E-state index contributed by atoms with van der Waals surface area (Å²) in [6, 6.07) is 0. The molecule has 73 heavy (non-hydrogen) atoms. The number of rotatable bonds is 55. The van der Waals surface area contributed by atoms with Crippen molar-refractivity contribution in [2.24, 2.45) is 0 Å². The molecule has 0 heterocycles. The van der Waals surface area contributed by atoms with E-state index in [9.17, 15) is 14.4 Å². The molecule has 0 radical (unpaired) electrons. The second-order valence-corrected chi connectivity index (χ2v) is 20.2. The van der Waals surface area contributed by atoms with Crippen molar-refractivity contribution in [3.8, 4) is 0 Å². The summed E-state index contributed by atoms with van der Waals surface area (Å²) in [6.45, 7) is 6.48. The van der Waals surface area contributed by atoms with Gasteiger partial charge in [0, 0.05) is 19.3 Å². The Labute approximate surface area is 451 Å². The molecule has 0 aliphatic carbocycles. The van der Waals surface area contributed by atoms with E-state index in [-0.39, 0.29) is 31.1 Å². The standard InChI is InChI=1S/C67H114O6/c1-4-7-10-13-16-19-22-25-28-31-33-36-39-42-45-48-51-54-57-60-66(69)72-63-64(62-71-65(68)59-56-53-50-47-44-41-38-35-30-27-24-21-18-15-12-9-6-3)73-67(70)61-58-55-52-49-46-43-40-37-34-32-29-26-23-20-17-14-11-8-5-2/h7,10,16-17,19-20,25-30,33,36,42,45,64H,4-6,8-9,11-15,18,21-24,31-32,34-35,37-41,43-44,46-63H2,1-3H3/b10-7-,19-16-,20-17-,28-25-,29-26-,30-27-,36-33-,45-42-.